The van der Waals surface area contributed by atoms with Crippen LogP contribution in [0.2, 0.25) is 0 Å². The van der Waals surface area contributed by atoms with Gasteiger partial charge >= 0.3 is 5.97 Å². The van der Waals surface area contributed by atoms with Gasteiger partial charge in [0.05, 0.1) is 5.75 Å². The molecule has 0 unspecified atom stereocenters. The first-order valence-electron chi connectivity index (χ1n) is 3.64. The Balaban J connectivity index is 3.67. The topological polar surface area (TPSA) is 77.5 Å². The van der Waals surface area contributed by atoms with Crippen molar-refractivity contribution in [2.75, 3.05) is 18.6 Å². The van der Waals surface area contributed by atoms with Gasteiger partial charge in [-0.25, -0.2) is 8.42 Å². The summed E-state index contributed by atoms with van der Waals surface area (Å²) in [6.45, 7) is 1.07. The third kappa shape index (κ3) is 9.00. The van der Waals surface area contributed by atoms with Gasteiger partial charge in [-0.1, -0.05) is 0 Å². The van der Waals surface area contributed by atoms with Crippen LogP contribution < -0.4 is 0 Å². The molecule has 0 atom stereocenters. The van der Waals surface area contributed by atoms with Crippen molar-refractivity contribution in [2.45, 2.75) is 13.3 Å². The van der Waals surface area contributed by atoms with E-state index in [2.05, 4.69) is 4.74 Å². The Bertz CT molecular complexity index is 290. The average molecular weight is 208 g/mol. The number of carbonyl (C=O) groups excluding carboxylic acids is 2. The monoisotopic (exact) mass is 208 g/mol. The van der Waals surface area contributed by atoms with Crippen molar-refractivity contribution in [1.29, 1.82) is 0 Å². The molecule has 0 saturated carbocycles. The fourth-order valence-corrected chi connectivity index (χ4v) is 0.947. The zero-order chi connectivity index (χ0) is 10.5. The van der Waals surface area contributed by atoms with Crippen LogP contribution in [0.4, 0.5) is 0 Å². The molecule has 0 radical (unpaired) electrons. The van der Waals surface area contributed by atoms with Gasteiger partial charge in [-0.15, -0.1) is 0 Å². The predicted octanol–water partition coefficient (Wildman–Crippen LogP) is -0.447. The molecule has 0 saturated heterocycles. The number of ketones is 1. The zero-order valence-electron chi connectivity index (χ0n) is 7.57. The summed E-state index contributed by atoms with van der Waals surface area (Å²) in [5.41, 5.74) is 0. The van der Waals surface area contributed by atoms with Crippen molar-refractivity contribution in [3.05, 3.63) is 0 Å². The molecule has 0 aromatic heterocycles. The summed E-state index contributed by atoms with van der Waals surface area (Å²) in [5, 5.41) is 0. The lowest BCUT2D eigenvalue weighted by Gasteiger charge is -2.01. The number of Topliss-reactive ketones (excluding diaryl/α,β-unsaturated/α-hetero) is 1. The van der Waals surface area contributed by atoms with E-state index < -0.39 is 15.8 Å². The van der Waals surface area contributed by atoms with E-state index in [1.807, 2.05) is 0 Å². The van der Waals surface area contributed by atoms with E-state index in [0.717, 1.165) is 6.26 Å². The molecule has 5 nitrogen and oxygen atoms in total. The molecule has 0 amide bonds. The number of carbonyl (C=O) groups is 2. The lowest BCUT2D eigenvalue weighted by molar-refractivity contribution is -0.145. The normalized spacial score (nSPS) is 10.9. The van der Waals surface area contributed by atoms with Crippen molar-refractivity contribution < 1.29 is 22.7 Å². The van der Waals surface area contributed by atoms with Crippen molar-refractivity contribution in [2.24, 2.45) is 0 Å². The molecule has 0 rings (SSSR count). The summed E-state index contributed by atoms with van der Waals surface area (Å²) in [6.07, 6.45) is 0.746. The van der Waals surface area contributed by atoms with Gasteiger partial charge in [-0.2, -0.15) is 0 Å². The van der Waals surface area contributed by atoms with Gasteiger partial charge in [-0.05, 0) is 6.92 Å². The molecule has 0 spiro atoms. The molecular formula is C7H12O5S. The second-order valence-corrected chi connectivity index (χ2v) is 4.99. The third-order valence-corrected chi connectivity index (χ3v) is 2.02. The van der Waals surface area contributed by atoms with Crippen LogP contribution in [0.5, 0.6) is 0 Å². The number of hydrogen-bond donors (Lipinski definition) is 0. The van der Waals surface area contributed by atoms with Crippen LogP contribution in [0, 0.1) is 0 Å². The Morgan fingerprint density at radius 3 is 2.23 bits per heavy atom. The summed E-state index contributed by atoms with van der Waals surface area (Å²) in [7, 11) is -3.11. The lowest BCUT2D eigenvalue weighted by Crippen LogP contribution is -2.15. The summed E-state index contributed by atoms with van der Waals surface area (Å²) >= 11 is 0. The van der Waals surface area contributed by atoms with Gasteiger partial charge in [0.15, 0.2) is 9.84 Å². The molecule has 0 bridgehead atoms. The van der Waals surface area contributed by atoms with E-state index >= 15 is 0 Å². The van der Waals surface area contributed by atoms with Crippen LogP contribution in [0.3, 0.4) is 0 Å². The molecule has 0 aromatic rings. The van der Waals surface area contributed by atoms with Gasteiger partial charge < -0.3 is 4.74 Å². The predicted molar refractivity (Wildman–Crippen MR) is 46.0 cm³/mol. The van der Waals surface area contributed by atoms with Crippen molar-refractivity contribution in [3.8, 4) is 0 Å². The maximum atomic E-state index is 10.7. The Morgan fingerprint density at radius 1 is 1.31 bits per heavy atom. The first-order chi connectivity index (χ1) is 5.81. The highest BCUT2D eigenvalue weighted by Gasteiger charge is 2.08. The molecule has 0 fully saturated rings. The van der Waals surface area contributed by atoms with Crippen LogP contribution in [-0.4, -0.2) is 38.8 Å². The highest BCUT2D eigenvalue weighted by atomic mass is 32.2. The van der Waals surface area contributed by atoms with Gasteiger partial charge in [-0.3, -0.25) is 9.59 Å². The maximum Gasteiger partial charge on any atom is 0.313 e. The van der Waals surface area contributed by atoms with Crippen LogP contribution in [0.1, 0.15) is 13.3 Å². The Kier molecular flexibility index (Phi) is 4.61. The lowest BCUT2D eigenvalue weighted by atomic mass is 10.3. The van der Waals surface area contributed by atoms with E-state index in [0.29, 0.717) is 0 Å². The van der Waals surface area contributed by atoms with E-state index in [1.165, 1.54) is 6.92 Å². The molecule has 0 aromatic carbocycles. The van der Waals surface area contributed by atoms with Gasteiger partial charge in [0, 0.05) is 6.26 Å². The summed E-state index contributed by atoms with van der Waals surface area (Å²) in [4.78, 5) is 21.1. The molecule has 0 aliphatic carbocycles. The van der Waals surface area contributed by atoms with Crippen molar-refractivity contribution >= 4 is 21.6 Å². The maximum absolute atomic E-state index is 10.7. The Morgan fingerprint density at radius 2 is 1.85 bits per heavy atom. The smallest absolute Gasteiger partial charge is 0.313 e. The molecule has 0 N–H and O–H groups in total. The largest absolute Gasteiger partial charge is 0.464 e. The summed E-state index contributed by atoms with van der Waals surface area (Å²) in [6, 6.07) is 0. The summed E-state index contributed by atoms with van der Waals surface area (Å²) in [5.74, 6) is -1.20. The molecular weight excluding hydrogens is 196 g/mol. The molecule has 13 heavy (non-hydrogen) atoms. The molecule has 0 aliphatic heterocycles. The fraction of sp³-hybridized carbons (Fsp3) is 0.714. The summed E-state index contributed by atoms with van der Waals surface area (Å²) < 4.78 is 25.6. The van der Waals surface area contributed by atoms with Crippen molar-refractivity contribution in [1.82, 2.24) is 0 Å². The minimum absolute atomic E-state index is 0.190. The van der Waals surface area contributed by atoms with Crippen LogP contribution in [-0.2, 0) is 24.2 Å². The second-order valence-electron chi connectivity index (χ2n) is 2.73. The number of hydrogen-bond acceptors (Lipinski definition) is 5. The third-order valence-electron chi connectivity index (χ3n) is 1.11. The second kappa shape index (κ2) is 4.96. The quantitative estimate of drug-likeness (QED) is 0.452. The van der Waals surface area contributed by atoms with E-state index in [9.17, 15) is 18.0 Å². The highest BCUT2D eigenvalue weighted by Crippen LogP contribution is 1.90. The number of rotatable bonds is 5. The Labute approximate surface area is 77.0 Å². The van der Waals surface area contributed by atoms with Crippen LogP contribution in [0.15, 0.2) is 0 Å². The first-order valence-corrected chi connectivity index (χ1v) is 5.70. The number of sulfone groups is 1. The molecule has 0 aliphatic rings. The SMILES string of the molecule is CC(=O)CC(=O)OCCS(C)(=O)=O. The van der Waals surface area contributed by atoms with Gasteiger partial charge in [0.1, 0.15) is 18.8 Å². The molecule has 0 heterocycles. The average Bonchev–Trinajstić information content (AvgIpc) is 1.81. The van der Waals surface area contributed by atoms with Gasteiger partial charge in [0.2, 0.25) is 0 Å². The van der Waals surface area contributed by atoms with Crippen LogP contribution >= 0.6 is 0 Å². The minimum Gasteiger partial charge on any atom is -0.464 e. The molecule has 76 valence electrons. The Hall–Kier alpha value is -0.910. The van der Waals surface area contributed by atoms with E-state index in [4.69, 9.17) is 0 Å². The first kappa shape index (κ1) is 12.1. The number of ether oxygens (including phenoxy) is 1. The van der Waals surface area contributed by atoms with Crippen LogP contribution in [0.25, 0.3) is 0 Å². The fourth-order valence-electron chi connectivity index (χ4n) is 0.561. The standard InChI is InChI=1S/C7H12O5S/c1-6(8)5-7(9)12-3-4-13(2,10)11/h3-5H2,1-2H3. The van der Waals surface area contributed by atoms with E-state index in [1.54, 1.807) is 0 Å². The van der Waals surface area contributed by atoms with Gasteiger partial charge in [0.25, 0.3) is 0 Å². The van der Waals surface area contributed by atoms with Crippen molar-refractivity contribution in [3.63, 3.8) is 0 Å². The molecule has 6 heteroatoms. The number of esters is 1. The minimum atomic E-state index is -3.11. The zero-order valence-corrected chi connectivity index (χ0v) is 8.39. The highest BCUT2D eigenvalue weighted by molar-refractivity contribution is 7.90. The van der Waals surface area contributed by atoms with E-state index in [-0.39, 0.29) is 24.6 Å².